The molecule has 2 rings (SSSR count). The molecule has 2 N–H and O–H groups in total. The molecule has 0 unspecified atom stereocenters. The van der Waals surface area contributed by atoms with Crippen LogP contribution in [-0.4, -0.2) is 69.1 Å². The summed E-state index contributed by atoms with van der Waals surface area (Å²) < 4.78 is 5.12. The lowest BCUT2D eigenvalue weighted by Gasteiger charge is -2.36. The van der Waals surface area contributed by atoms with Gasteiger partial charge in [0.2, 0.25) is 0 Å². The molecule has 1 amide bonds. The van der Waals surface area contributed by atoms with Crippen LogP contribution in [0.15, 0.2) is 24.3 Å². The number of benzene rings is 1. The third-order valence-corrected chi connectivity index (χ3v) is 3.98. The maximum Gasteiger partial charge on any atom is 0.404 e. The van der Waals surface area contributed by atoms with Crippen molar-refractivity contribution in [1.29, 1.82) is 0 Å². The van der Waals surface area contributed by atoms with E-state index in [-0.39, 0.29) is 0 Å². The van der Waals surface area contributed by atoms with Gasteiger partial charge in [-0.15, -0.1) is 0 Å². The summed E-state index contributed by atoms with van der Waals surface area (Å²) in [6.07, 6.45) is -0.250. The lowest BCUT2D eigenvalue weighted by molar-refractivity contribution is 0.144. The number of piperazine rings is 1. The van der Waals surface area contributed by atoms with Crippen molar-refractivity contribution >= 4 is 11.8 Å². The Morgan fingerprint density at radius 1 is 1.23 bits per heavy atom. The van der Waals surface area contributed by atoms with E-state index in [4.69, 9.17) is 9.84 Å². The van der Waals surface area contributed by atoms with Crippen LogP contribution in [0.1, 0.15) is 5.56 Å². The van der Waals surface area contributed by atoms with Gasteiger partial charge in [0, 0.05) is 52.1 Å². The summed E-state index contributed by atoms with van der Waals surface area (Å²) in [4.78, 5) is 15.2. The van der Waals surface area contributed by atoms with Crippen molar-refractivity contribution in [1.82, 2.24) is 10.2 Å². The van der Waals surface area contributed by atoms with E-state index in [0.29, 0.717) is 6.54 Å². The van der Waals surface area contributed by atoms with Gasteiger partial charge in [0.25, 0.3) is 0 Å². The largest absolute Gasteiger partial charge is 0.465 e. The third kappa shape index (κ3) is 5.20. The SMILES string of the molecule is COCCN1CCN(c2ccc(CCNC(=O)O)cc2)CC1. The van der Waals surface area contributed by atoms with E-state index in [2.05, 4.69) is 39.4 Å². The van der Waals surface area contributed by atoms with E-state index in [9.17, 15) is 4.79 Å². The number of anilines is 1. The molecule has 1 heterocycles. The van der Waals surface area contributed by atoms with Gasteiger partial charge < -0.3 is 20.1 Å². The van der Waals surface area contributed by atoms with Crippen molar-refractivity contribution < 1.29 is 14.6 Å². The monoisotopic (exact) mass is 307 g/mol. The van der Waals surface area contributed by atoms with Gasteiger partial charge in [-0.3, -0.25) is 4.90 Å². The first-order valence-electron chi connectivity index (χ1n) is 7.71. The summed E-state index contributed by atoms with van der Waals surface area (Å²) >= 11 is 0. The van der Waals surface area contributed by atoms with Crippen LogP contribution in [0.25, 0.3) is 0 Å². The van der Waals surface area contributed by atoms with Crippen LogP contribution in [-0.2, 0) is 11.2 Å². The van der Waals surface area contributed by atoms with Gasteiger partial charge in [-0.2, -0.15) is 0 Å². The van der Waals surface area contributed by atoms with Crippen LogP contribution in [0.5, 0.6) is 0 Å². The van der Waals surface area contributed by atoms with E-state index >= 15 is 0 Å². The van der Waals surface area contributed by atoms with E-state index in [1.165, 1.54) is 5.69 Å². The topological polar surface area (TPSA) is 65.0 Å². The number of nitrogens with zero attached hydrogens (tertiary/aromatic N) is 2. The Labute approximate surface area is 131 Å². The second-order valence-corrected chi connectivity index (χ2v) is 5.47. The molecular weight excluding hydrogens is 282 g/mol. The smallest absolute Gasteiger partial charge is 0.404 e. The molecule has 0 atom stereocenters. The zero-order valence-electron chi connectivity index (χ0n) is 13.1. The van der Waals surface area contributed by atoms with E-state index in [1.54, 1.807) is 7.11 Å². The Morgan fingerprint density at radius 3 is 2.50 bits per heavy atom. The molecule has 1 fully saturated rings. The quantitative estimate of drug-likeness (QED) is 0.794. The third-order valence-electron chi connectivity index (χ3n) is 3.98. The Bertz CT molecular complexity index is 456. The van der Waals surface area contributed by atoms with Crippen molar-refractivity contribution in [3.63, 3.8) is 0 Å². The maximum atomic E-state index is 10.4. The van der Waals surface area contributed by atoms with Crippen molar-refractivity contribution in [2.45, 2.75) is 6.42 Å². The molecule has 0 saturated carbocycles. The minimum atomic E-state index is -0.969. The van der Waals surface area contributed by atoms with Gasteiger partial charge in [-0.05, 0) is 24.1 Å². The zero-order valence-corrected chi connectivity index (χ0v) is 13.1. The van der Waals surface area contributed by atoms with Crippen LogP contribution >= 0.6 is 0 Å². The van der Waals surface area contributed by atoms with Gasteiger partial charge in [0.1, 0.15) is 0 Å². The fraction of sp³-hybridized carbons (Fsp3) is 0.562. The summed E-state index contributed by atoms with van der Waals surface area (Å²) in [5.74, 6) is 0. The predicted molar refractivity (Wildman–Crippen MR) is 86.7 cm³/mol. The Morgan fingerprint density at radius 2 is 1.91 bits per heavy atom. The van der Waals surface area contributed by atoms with Crippen LogP contribution in [0.2, 0.25) is 0 Å². The molecule has 0 radical (unpaired) electrons. The predicted octanol–water partition coefficient (Wildman–Crippen LogP) is 1.27. The number of nitrogens with one attached hydrogen (secondary N) is 1. The normalized spacial score (nSPS) is 15.8. The fourth-order valence-corrected chi connectivity index (χ4v) is 2.64. The average Bonchev–Trinajstić information content (AvgIpc) is 2.54. The summed E-state index contributed by atoms with van der Waals surface area (Å²) in [6.45, 7) is 6.43. The van der Waals surface area contributed by atoms with Gasteiger partial charge in [0.05, 0.1) is 6.61 Å². The first kappa shape index (κ1) is 16.6. The highest BCUT2D eigenvalue weighted by atomic mass is 16.5. The van der Waals surface area contributed by atoms with Crippen LogP contribution in [0.3, 0.4) is 0 Å². The summed E-state index contributed by atoms with van der Waals surface area (Å²) in [7, 11) is 1.74. The van der Waals surface area contributed by atoms with Crippen LogP contribution in [0.4, 0.5) is 10.5 Å². The molecule has 1 aromatic carbocycles. The van der Waals surface area contributed by atoms with Crippen molar-refractivity contribution in [3.8, 4) is 0 Å². The van der Waals surface area contributed by atoms with Gasteiger partial charge >= 0.3 is 6.09 Å². The Kier molecular flexibility index (Phi) is 6.48. The fourth-order valence-electron chi connectivity index (χ4n) is 2.64. The second-order valence-electron chi connectivity index (χ2n) is 5.47. The van der Waals surface area contributed by atoms with E-state index < -0.39 is 6.09 Å². The van der Waals surface area contributed by atoms with Crippen molar-refractivity contribution in [3.05, 3.63) is 29.8 Å². The lowest BCUT2D eigenvalue weighted by Crippen LogP contribution is -2.47. The van der Waals surface area contributed by atoms with Gasteiger partial charge in [0.15, 0.2) is 0 Å². The number of ether oxygens (including phenoxy) is 1. The highest BCUT2D eigenvalue weighted by Crippen LogP contribution is 2.17. The number of hydrogen-bond donors (Lipinski definition) is 2. The highest BCUT2D eigenvalue weighted by Gasteiger charge is 2.16. The van der Waals surface area contributed by atoms with Crippen LogP contribution in [0, 0.1) is 0 Å². The number of rotatable bonds is 7. The minimum absolute atomic E-state index is 0.451. The molecule has 122 valence electrons. The van der Waals surface area contributed by atoms with Gasteiger partial charge in [-0.25, -0.2) is 4.79 Å². The minimum Gasteiger partial charge on any atom is -0.465 e. The molecule has 6 nitrogen and oxygen atoms in total. The van der Waals surface area contributed by atoms with Crippen molar-refractivity contribution in [2.24, 2.45) is 0 Å². The molecule has 22 heavy (non-hydrogen) atoms. The Balaban J connectivity index is 1.77. The standard InChI is InChI=1S/C16H25N3O3/c1-22-13-12-18-8-10-19(11-9-18)15-4-2-14(3-5-15)6-7-17-16(20)21/h2-5,17H,6-13H2,1H3,(H,20,21). The first-order valence-corrected chi connectivity index (χ1v) is 7.71. The number of carbonyl (C=O) groups is 1. The summed E-state index contributed by atoms with van der Waals surface area (Å²) in [6, 6.07) is 8.41. The molecule has 6 heteroatoms. The summed E-state index contributed by atoms with van der Waals surface area (Å²) in [5, 5.41) is 10.9. The number of methoxy groups -OCH3 is 1. The molecule has 0 spiro atoms. The lowest BCUT2D eigenvalue weighted by atomic mass is 10.1. The molecule has 1 saturated heterocycles. The molecule has 0 bridgehead atoms. The molecule has 1 aromatic rings. The zero-order chi connectivity index (χ0) is 15.8. The van der Waals surface area contributed by atoms with E-state index in [0.717, 1.165) is 51.3 Å². The van der Waals surface area contributed by atoms with E-state index in [1.807, 2.05) is 0 Å². The molecule has 1 aliphatic rings. The molecule has 0 aromatic heterocycles. The summed E-state index contributed by atoms with van der Waals surface area (Å²) in [5.41, 5.74) is 2.39. The molecular formula is C16H25N3O3. The number of hydrogen-bond acceptors (Lipinski definition) is 4. The number of carboxylic acid groups (broad SMARTS) is 1. The first-order chi connectivity index (χ1) is 10.7. The molecule has 1 aliphatic heterocycles. The number of amides is 1. The average molecular weight is 307 g/mol. The maximum absolute atomic E-state index is 10.4. The molecule has 0 aliphatic carbocycles. The highest BCUT2D eigenvalue weighted by molar-refractivity contribution is 5.64. The Hall–Kier alpha value is -1.79. The van der Waals surface area contributed by atoms with Crippen molar-refractivity contribution in [2.75, 3.05) is 57.9 Å². The van der Waals surface area contributed by atoms with Gasteiger partial charge in [-0.1, -0.05) is 12.1 Å². The second kappa shape index (κ2) is 8.60. The van der Waals surface area contributed by atoms with Crippen LogP contribution < -0.4 is 10.2 Å².